The quantitative estimate of drug-likeness (QED) is 0.761. The van der Waals surface area contributed by atoms with Gasteiger partial charge in [0.1, 0.15) is 11.6 Å². The average Bonchev–Trinajstić information content (AvgIpc) is 2.92. The summed E-state index contributed by atoms with van der Waals surface area (Å²) in [5.41, 5.74) is 0.201. The first-order chi connectivity index (χ1) is 10.6. The van der Waals surface area contributed by atoms with Gasteiger partial charge in [0, 0.05) is 11.4 Å². The fraction of sp³-hybridized carbons (Fsp3) is 0.250. The van der Waals surface area contributed by atoms with Gasteiger partial charge in [0.2, 0.25) is 5.91 Å². The highest BCUT2D eigenvalue weighted by molar-refractivity contribution is 8.00. The van der Waals surface area contributed by atoms with Crippen LogP contribution in [0.5, 0.6) is 0 Å². The van der Waals surface area contributed by atoms with E-state index in [0.717, 1.165) is 10.7 Å². The largest absolute Gasteiger partial charge is 0.468 e. The number of hydrogen-bond donors (Lipinski definition) is 0. The summed E-state index contributed by atoms with van der Waals surface area (Å²) < 4.78 is 19.1. The molecule has 2 aromatic rings. The third-order valence-corrected chi connectivity index (χ3v) is 4.18. The molecule has 6 heteroatoms. The Balaban J connectivity index is 2.11. The summed E-state index contributed by atoms with van der Waals surface area (Å²) in [6, 6.07) is 9.84. The number of nitrogens with zero attached hydrogens (tertiary/aromatic N) is 2. The van der Waals surface area contributed by atoms with E-state index in [1.54, 1.807) is 30.5 Å². The van der Waals surface area contributed by atoms with Gasteiger partial charge in [-0.05, 0) is 25.1 Å². The lowest BCUT2D eigenvalue weighted by molar-refractivity contribution is -0.116. The molecule has 1 amide bonds. The number of benzene rings is 1. The van der Waals surface area contributed by atoms with Gasteiger partial charge >= 0.3 is 0 Å². The van der Waals surface area contributed by atoms with Gasteiger partial charge in [0.15, 0.2) is 0 Å². The Morgan fingerprint density at radius 3 is 2.82 bits per heavy atom. The Bertz CT molecular complexity index is 693. The van der Waals surface area contributed by atoms with Crippen molar-refractivity contribution in [3.63, 3.8) is 0 Å². The second-order valence-corrected chi connectivity index (χ2v) is 5.55. The van der Waals surface area contributed by atoms with Crippen LogP contribution in [0.3, 0.4) is 0 Å². The fourth-order valence-corrected chi connectivity index (χ4v) is 2.79. The molecular formula is C16H15FN2O2S. The molecule has 0 spiro atoms. The smallest absolute Gasteiger partial charge is 0.237 e. The number of amides is 1. The second-order valence-electron chi connectivity index (χ2n) is 4.53. The lowest BCUT2D eigenvalue weighted by atomic mass is 10.2. The topological polar surface area (TPSA) is 57.2 Å². The number of aryl methyl sites for hydroxylation is 1. The van der Waals surface area contributed by atoms with E-state index < -0.39 is 5.82 Å². The van der Waals surface area contributed by atoms with Crippen molar-refractivity contribution >= 4 is 23.4 Å². The maximum Gasteiger partial charge on any atom is 0.237 e. The summed E-state index contributed by atoms with van der Waals surface area (Å²) in [7, 11) is 0. The van der Waals surface area contributed by atoms with Gasteiger partial charge < -0.3 is 9.32 Å². The third-order valence-electron chi connectivity index (χ3n) is 3.05. The van der Waals surface area contributed by atoms with Crippen LogP contribution in [0.25, 0.3) is 0 Å². The minimum Gasteiger partial charge on any atom is -0.468 e. The number of rotatable bonds is 6. The van der Waals surface area contributed by atoms with Crippen molar-refractivity contribution in [3.05, 3.63) is 48.2 Å². The van der Waals surface area contributed by atoms with Crippen molar-refractivity contribution in [3.8, 4) is 6.07 Å². The van der Waals surface area contributed by atoms with Gasteiger partial charge in [0.25, 0.3) is 0 Å². The molecule has 1 aromatic carbocycles. The third kappa shape index (κ3) is 3.89. The number of halogens is 1. The van der Waals surface area contributed by atoms with E-state index in [1.807, 2.05) is 13.0 Å². The van der Waals surface area contributed by atoms with E-state index in [-0.39, 0.29) is 30.3 Å². The van der Waals surface area contributed by atoms with Gasteiger partial charge in [-0.25, -0.2) is 4.39 Å². The number of para-hydroxylation sites is 1. The molecule has 0 aliphatic rings. The van der Waals surface area contributed by atoms with Gasteiger partial charge in [0.05, 0.1) is 30.2 Å². The Hall–Kier alpha value is -2.26. The molecule has 0 unspecified atom stereocenters. The summed E-state index contributed by atoms with van der Waals surface area (Å²) in [4.78, 5) is 14.6. The van der Waals surface area contributed by atoms with Crippen LogP contribution in [0, 0.1) is 24.1 Å². The Morgan fingerprint density at radius 1 is 1.41 bits per heavy atom. The van der Waals surface area contributed by atoms with Gasteiger partial charge in [-0.1, -0.05) is 12.1 Å². The molecule has 0 atom stereocenters. The molecule has 2 rings (SSSR count). The van der Waals surface area contributed by atoms with E-state index in [0.29, 0.717) is 0 Å². The zero-order chi connectivity index (χ0) is 15.9. The predicted molar refractivity (Wildman–Crippen MR) is 83.2 cm³/mol. The standard InChI is InChI=1S/C16H15FN2O2S/c1-12-15(7-10-21-12)22-11-16(20)19(9-4-8-18)14-6-3-2-5-13(14)17/h2-3,5-7,10H,4,9,11H2,1H3. The number of thioether (sulfide) groups is 1. The number of hydrogen-bond acceptors (Lipinski definition) is 4. The van der Waals surface area contributed by atoms with Crippen molar-refractivity contribution in [2.45, 2.75) is 18.2 Å². The van der Waals surface area contributed by atoms with E-state index in [1.165, 1.54) is 22.7 Å². The number of carbonyl (C=O) groups is 1. The first-order valence-corrected chi connectivity index (χ1v) is 7.70. The number of anilines is 1. The summed E-state index contributed by atoms with van der Waals surface area (Å²) in [5, 5.41) is 8.73. The maximum absolute atomic E-state index is 13.9. The van der Waals surface area contributed by atoms with Crippen LogP contribution in [-0.4, -0.2) is 18.2 Å². The normalized spacial score (nSPS) is 10.2. The highest BCUT2D eigenvalue weighted by Gasteiger charge is 2.19. The van der Waals surface area contributed by atoms with Crippen LogP contribution in [0.4, 0.5) is 10.1 Å². The highest BCUT2D eigenvalue weighted by atomic mass is 32.2. The maximum atomic E-state index is 13.9. The van der Waals surface area contributed by atoms with Crippen molar-refractivity contribution in [2.24, 2.45) is 0 Å². The molecule has 0 fully saturated rings. The van der Waals surface area contributed by atoms with E-state index in [4.69, 9.17) is 9.68 Å². The SMILES string of the molecule is Cc1occc1SCC(=O)N(CCC#N)c1ccccc1F. The van der Waals surface area contributed by atoms with Crippen LogP contribution in [-0.2, 0) is 4.79 Å². The lowest BCUT2D eigenvalue weighted by Gasteiger charge is -2.22. The Kier molecular flexibility index (Phi) is 5.61. The molecule has 114 valence electrons. The molecule has 0 aliphatic carbocycles. The number of furan rings is 1. The Labute approximate surface area is 132 Å². The Morgan fingerprint density at radius 2 is 2.18 bits per heavy atom. The summed E-state index contributed by atoms with van der Waals surface area (Å²) in [6.45, 7) is 1.98. The minimum absolute atomic E-state index is 0.148. The van der Waals surface area contributed by atoms with Crippen LogP contribution in [0.15, 0.2) is 45.9 Å². The van der Waals surface area contributed by atoms with E-state index >= 15 is 0 Å². The molecule has 1 aromatic heterocycles. The zero-order valence-corrected chi connectivity index (χ0v) is 12.9. The molecule has 4 nitrogen and oxygen atoms in total. The van der Waals surface area contributed by atoms with Gasteiger partial charge in [-0.15, -0.1) is 11.8 Å². The molecule has 0 saturated heterocycles. The molecule has 0 saturated carbocycles. The molecular weight excluding hydrogens is 303 g/mol. The average molecular weight is 318 g/mol. The van der Waals surface area contributed by atoms with Crippen LogP contribution >= 0.6 is 11.8 Å². The van der Waals surface area contributed by atoms with Crippen LogP contribution < -0.4 is 4.90 Å². The molecule has 0 radical (unpaired) electrons. The first-order valence-electron chi connectivity index (χ1n) is 6.72. The molecule has 0 N–H and O–H groups in total. The molecule has 1 heterocycles. The van der Waals surface area contributed by atoms with Crippen molar-refractivity contribution in [1.82, 2.24) is 0 Å². The van der Waals surface area contributed by atoms with Gasteiger partial charge in [-0.2, -0.15) is 5.26 Å². The predicted octanol–water partition coefficient (Wildman–Crippen LogP) is 3.77. The van der Waals surface area contributed by atoms with Gasteiger partial charge in [-0.3, -0.25) is 4.79 Å². The zero-order valence-electron chi connectivity index (χ0n) is 12.1. The second kappa shape index (κ2) is 7.66. The number of carbonyl (C=O) groups excluding carboxylic acids is 1. The number of nitriles is 1. The fourth-order valence-electron chi connectivity index (χ4n) is 1.95. The van der Waals surface area contributed by atoms with Crippen molar-refractivity contribution in [2.75, 3.05) is 17.2 Å². The van der Waals surface area contributed by atoms with Crippen LogP contribution in [0.1, 0.15) is 12.2 Å². The molecule has 0 bridgehead atoms. The molecule has 0 aliphatic heterocycles. The van der Waals surface area contributed by atoms with E-state index in [2.05, 4.69) is 0 Å². The van der Waals surface area contributed by atoms with E-state index in [9.17, 15) is 9.18 Å². The lowest BCUT2D eigenvalue weighted by Crippen LogP contribution is -2.34. The monoisotopic (exact) mass is 318 g/mol. The summed E-state index contributed by atoms with van der Waals surface area (Å²) in [6.07, 6.45) is 1.71. The minimum atomic E-state index is -0.474. The first kappa shape index (κ1) is 16.1. The van der Waals surface area contributed by atoms with Crippen LogP contribution in [0.2, 0.25) is 0 Å². The van der Waals surface area contributed by atoms with Crippen molar-refractivity contribution < 1.29 is 13.6 Å². The van der Waals surface area contributed by atoms with Crippen molar-refractivity contribution in [1.29, 1.82) is 5.26 Å². The summed E-state index contributed by atoms with van der Waals surface area (Å²) in [5.74, 6) is 0.177. The summed E-state index contributed by atoms with van der Waals surface area (Å²) >= 11 is 1.33. The molecule has 22 heavy (non-hydrogen) atoms. The highest BCUT2D eigenvalue weighted by Crippen LogP contribution is 2.25.